The minimum atomic E-state index is -0.737. The average molecular weight is 253 g/mol. The Morgan fingerprint density at radius 1 is 1.44 bits per heavy atom. The topological polar surface area (TPSA) is 69.6 Å². The van der Waals surface area contributed by atoms with Gasteiger partial charge in [-0.15, -0.1) is 0 Å². The first-order valence-corrected chi connectivity index (χ1v) is 6.01. The van der Waals surface area contributed by atoms with E-state index in [-0.39, 0.29) is 23.3 Å². The fourth-order valence-corrected chi connectivity index (χ4v) is 2.30. The van der Waals surface area contributed by atoms with Gasteiger partial charge >= 0.3 is 0 Å². The molecular formula is C13H16FNO3. The molecular weight excluding hydrogens is 237 g/mol. The van der Waals surface area contributed by atoms with Crippen LogP contribution in [0.1, 0.15) is 29.6 Å². The predicted octanol–water partition coefficient (Wildman–Crippen LogP) is 1.42. The van der Waals surface area contributed by atoms with Crippen LogP contribution >= 0.6 is 0 Å². The molecule has 1 saturated carbocycles. The normalized spacial score (nSPS) is 23.0. The number of carbonyl (C=O) groups excluding carboxylic acids is 1. The Kier molecular flexibility index (Phi) is 3.81. The van der Waals surface area contributed by atoms with Crippen molar-refractivity contribution in [3.05, 3.63) is 29.6 Å². The Hall–Kier alpha value is -1.62. The first kappa shape index (κ1) is 12.8. The number of hydrogen-bond acceptors (Lipinski definition) is 3. The number of halogens is 1. The fraction of sp³-hybridized carbons (Fsp3) is 0.462. The molecule has 4 nitrogen and oxygen atoms in total. The number of carbonyl (C=O) groups is 1. The smallest absolute Gasteiger partial charge is 0.258 e. The van der Waals surface area contributed by atoms with Gasteiger partial charge in [-0.05, 0) is 37.3 Å². The SMILES string of the molecule is O=C(NCC1CCC(O)C1)c1c(O)cccc1F. The number of hydrogen-bond donors (Lipinski definition) is 3. The number of phenolic OH excluding ortho intramolecular Hbond substituents is 1. The molecule has 5 heteroatoms. The van der Waals surface area contributed by atoms with Gasteiger partial charge in [0.25, 0.3) is 5.91 Å². The van der Waals surface area contributed by atoms with Gasteiger partial charge in [-0.2, -0.15) is 0 Å². The molecule has 0 spiro atoms. The summed E-state index contributed by atoms with van der Waals surface area (Å²) in [7, 11) is 0. The van der Waals surface area contributed by atoms with Crippen LogP contribution in [0.15, 0.2) is 18.2 Å². The predicted molar refractivity (Wildman–Crippen MR) is 63.7 cm³/mol. The summed E-state index contributed by atoms with van der Waals surface area (Å²) in [6, 6.07) is 3.75. The third kappa shape index (κ3) is 2.79. The Balaban J connectivity index is 1.96. The van der Waals surface area contributed by atoms with E-state index in [0.29, 0.717) is 13.0 Å². The highest BCUT2D eigenvalue weighted by Gasteiger charge is 2.24. The second kappa shape index (κ2) is 5.35. The van der Waals surface area contributed by atoms with Gasteiger partial charge in [-0.1, -0.05) is 6.07 Å². The van der Waals surface area contributed by atoms with Crippen LogP contribution in [-0.4, -0.2) is 28.8 Å². The van der Waals surface area contributed by atoms with E-state index >= 15 is 0 Å². The summed E-state index contributed by atoms with van der Waals surface area (Å²) in [6.45, 7) is 0.393. The molecule has 0 heterocycles. The van der Waals surface area contributed by atoms with Gasteiger partial charge in [0.1, 0.15) is 17.1 Å². The molecule has 1 aromatic carbocycles. The zero-order valence-electron chi connectivity index (χ0n) is 9.90. The first-order valence-electron chi connectivity index (χ1n) is 6.01. The van der Waals surface area contributed by atoms with E-state index in [1.54, 1.807) is 0 Å². The molecule has 98 valence electrons. The summed E-state index contributed by atoms with van der Waals surface area (Å²) >= 11 is 0. The second-order valence-corrected chi connectivity index (χ2v) is 4.68. The van der Waals surface area contributed by atoms with E-state index in [9.17, 15) is 19.4 Å². The van der Waals surface area contributed by atoms with Crippen molar-refractivity contribution in [1.29, 1.82) is 0 Å². The average Bonchev–Trinajstić information content (AvgIpc) is 2.72. The third-order valence-corrected chi connectivity index (χ3v) is 3.28. The lowest BCUT2D eigenvalue weighted by atomic mass is 10.1. The van der Waals surface area contributed by atoms with Crippen molar-refractivity contribution in [1.82, 2.24) is 5.32 Å². The lowest BCUT2D eigenvalue weighted by molar-refractivity contribution is 0.0938. The molecule has 18 heavy (non-hydrogen) atoms. The van der Waals surface area contributed by atoms with Crippen molar-refractivity contribution < 1.29 is 19.4 Å². The summed E-state index contributed by atoms with van der Waals surface area (Å²) in [5, 5.41) is 21.4. The molecule has 1 fully saturated rings. The maximum absolute atomic E-state index is 13.4. The highest BCUT2D eigenvalue weighted by atomic mass is 19.1. The standard InChI is InChI=1S/C13H16FNO3/c14-10-2-1-3-11(17)12(10)13(18)15-7-8-4-5-9(16)6-8/h1-3,8-9,16-17H,4-7H2,(H,15,18). The Bertz CT molecular complexity index is 430. The molecule has 3 N–H and O–H groups in total. The summed E-state index contributed by atoms with van der Waals surface area (Å²) in [5.74, 6) is -1.50. The number of aromatic hydroxyl groups is 1. The largest absolute Gasteiger partial charge is 0.507 e. The number of benzene rings is 1. The molecule has 0 saturated heterocycles. The van der Waals surface area contributed by atoms with Crippen LogP contribution in [-0.2, 0) is 0 Å². The number of nitrogens with one attached hydrogen (secondary N) is 1. The van der Waals surface area contributed by atoms with Gasteiger partial charge in [0.15, 0.2) is 0 Å². The van der Waals surface area contributed by atoms with Crippen molar-refractivity contribution in [2.75, 3.05) is 6.54 Å². The zero-order valence-corrected chi connectivity index (χ0v) is 9.90. The Labute approximate surface area is 104 Å². The monoisotopic (exact) mass is 253 g/mol. The minimum absolute atomic E-state index is 0.220. The van der Waals surface area contributed by atoms with Crippen molar-refractivity contribution in [2.45, 2.75) is 25.4 Å². The Morgan fingerprint density at radius 3 is 2.83 bits per heavy atom. The number of amides is 1. The van der Waals surface area contributed by atoms with Crippen LogP contribution in [0.5, 0.6) is 5.75 Å². The molecule has 0 bridgehead atoms. The van der Waals surface area contributed by atoms with Crippen LogP contribution in [0.3, 0.4) is 0 Å². The van der Waals surface area contributed by atoms with Crippen molar-refractivity contribution in [3.63, 3.8) is 0 Å². The lowest BCUT2D eigenvalue weighted by Crippen LogP contribution is -2.29. The number of aliphatic hydroxyl groups excluding tert-OH is 1. The number of phenols is 1. The minimum Gasteiger partial charge on any atom is -0.507 e. The number of aliphatic hydroxyl groups is 1. The van der Waals surface area contributed by atoms with Crippen LogP contribution in [0.2, 0.25) is 0 Å². The molecule has 1 amide bonds. The van der Waals surface area contributed by atoms with Gasteiger partial charge in [-0.3, -0.25) is 4.79 Å². The molecule has 1 aromatic rings. The van der Waals surface area contributed by atoms with Gasteiger partial charge in [0.2, 0.25) is 0 Å². The van der Waals surface area contributed by atoms with Crippen LogP contribution in [0.4, 0.5) is 4.39 Å². The van der Waals surface area contributed by atoms with E-state index in [1.807, 2.05) is 0 Å². The molecule has 0 aromatic heterocycles. The van der Waals surface area contributed by atoms with Crippen molar-refractivity contribution in [3.8, 4) is 5.75 Å². The highest BCUT2D eigenvalue weighted by molar-refractivity contribution is 5.97. The van der Waals surface area contributed by atoms with Crippen LogP contribution in [0.25, 0.3) is 0 Å². The van der Waals surface area contributed by atoms with Gasteiger partial charge in [0, 0.05) is 6.54 Å². The third-order valence-electron chi connectivity index (χ3n) is 3.28. The quantitative estimate of drug-likeness (QED) is 0.763. The molecule has 2 rings (SSSR count). The summed E-state index contributed by atoms with van der Waals surface area (Å²) in [6.07, 6.45) is 1.95. The van der Waals surface area contributed by atoms with E-state index < -0.39 is 11.7 Å². The van der Waals surface area contributed by atoms with Crippen molar-refractivity contribution >= 4 is 5.91 Å². The van der Waals surface area contributed by atoms with Gasteiger partial charge < -0.3 is 15.5 Å². The second-order valence-electron chi connectivity index (χ2n) is 4.68. The van der Waals surface area contributed by atoms with Gasteiger partial charge in [0.05, 0.1) is 6.10 Å². The molecule has 0 radical (unpaired) electrons. The molecule has 1 aliphatic rings. The maximum Gasteiger partial charge on any atom is 0.258 e. The summed E-state index contributed by atoms with van der Waals surface area (Å²) in [4.78, 5) is 11.8. The number of rotatable bonds is 3. The first-order chi connectivity index (χ1) is 8.58. The molecule has 0 aliphatic heterocycles. The van der Waals surface area contributed by atoms with Crippen molar-refractivity contribution in [2.24, 2.45) is 5.92 Å². The fourth-order valence-electron chi connectivity index (χ4n) is 2.30. The highest BCUT2D eigenvalue weighted by Crippen LogP contribution is 2.25. The lowest BCUT2D eigenvalue weighted by Gasteiger charge is -2.12. The van der Waals surface area contributed by atoms with Crippen LogP contribution in [0, 0.1) is 11.7 Å². The van der Waals surface area contributed by atoms with Gasteiger partial charge in [-0.25, -0.2) is 4.39 Å². The van der Waals surface area contributed by atoms with E-state index in [1.165, 1.54) is 12.1 Å². The maximum atomic E-state index is 13.4. The van der Waals surface area contributed by atoms with E-state index in [2.05, 4.69) is 5.32 Å². The zero-order chi connectivity index (χ0) is 13.1. The Morgan fingerprint density at radius 2 is 2.22 bits per heavy atom. The van der Waals surface area contributed by atoms with Crippen LogP contribution < -0.4 is 5.32 Å². The summed E-state index contributed by atoms with van der Waals surface area (Å²) < 4.78 is 13.4. The van der Waals surface area contributed by atoms with E-state index in [4.69, 9.17) is 0 Å². The molecule has 1 aliphatic carbocycles. The molecule has 2 unspecified atom stereocenters. The summed E-state index contributed by atoms with van der Waals surface area (Å²) in [5.41, 5.74) is -0.323. The van der Waals surface area contributed by atoms with E-state index in [0.717, 1.165) is 18.9 Å². The molecule has 2 atom stereocenters.